The lowest BCUT2D eigenvalue weighted by Gasteiger charge is -2.18. The maximum absolute atomic E-state index is 12.2. The number of nitrogens with two attached hydrogens (primary N) is 1. The lowest BCUT2D eigenvalue weighted by molar-refractivity contribution is 0.0930. The number of nitrogens with zero attached hydrogens (tertiary/aromatic N) is 1. The van der Waals surface area contributed by atoms with E-state index in [4.69, 9.17) is 5.84 Å². The topological polar surface area (TPSA) is 80.0 Å². The second-order valence-electron chi connectivity index (χ2n) is 4.68. The van der Waals surface area contributed by atoms with Gasteiger partial charge in [-0.05, 0) is 40.8 Å². The first kappa shape index (κ1) is 13.3. The van der Waals surface area contributed by atoms with Crippen LogP contribution in [0.1, 0.15) is 36.5 Å². The smallest absolute Gasteiger partial charge is 0.255 e. The average Bonchev–Trinajstić information content (AvgIpc) is 2.75. The summed E-state index contributed by atoms with van der Waals surface area (Å²) in [6.07, 6.45) is 4.98. The van der Waals surface area contributed by atoms with E-state index in [1.165, 1.54) is 12.8 Å². The molecule has 1 saturated carbocycles. The Morgan fingerprint density at radius 1 is 1.56 bits per heavy atom. The minimum atomic E-state index is -0.129. The number of hydrogen-bond acceptors (Lipinski definition) is 4. The van der Waals surface area contributed by atoms with Crippen molar-refractivity contribution in [3.05, 3.63) is 22.3 Å². The molecule has 0 saturated heterocycles. The second-order valence-corrected chi connectivity index (χ2v) is 5.60. The number of hydrazine groups is 1. The van der Waals surface area contributed by atoms with Crippen molar-refractivity contribution in [2.45, 2.75) is 32.2 Å². The molecule has 1 fully saturated rings. The van der Waals surface area contributed by atoms with Gasteiger partial charge in [0.25, 0.3) is 5.91 Å². The van der Waals surface area contributed by atoms with Crippen LogP contribution in [0.3, 0.4) is 0 Å². The van der Waals surface area contributed by atoms with Crippen molar-refractivity contribution < 1.29 is 4.79 Å². The summed E-state index contributed by atoms with van der Waals surface area (Å²) in [7, 11) is 0. The van der Waals surface area contributed by atoms with E-state index in [9.17, 15) is 4.79 Å². The maximum atomic E-state index is 12.2. The number of amides is 1. The number of hydrogen-bond donors (Lipinski definition) is 3. The Hall–Kier alpha value is -1.14. The zero-order valence-corrected chi connectivity index (χ0v) is 11.8. The normalized spacial score (nSPS) is 22.8. The Kier molecular flexibility index (Phi) is 4.19. The average molecular weight is 313 g/mol. The summed E-state index contributed by atoms with van der Waals surface area (Å²) in [6.45, 7) is 2.17. The molecular weight excluding hydrogens is 296 g/mol. The molecule has 18 heavy (non-hydrogen) atoms. The monoisotopic (exact) mass is 312 g/mol. The van der Waals surface area contributed by atoms with Gasteiger partial charge in [-0.25, -0.2) is 10.8 Å². The quantitative estimate of drug-likeness (QED) is 0.589. The maximum Gasteiger partial charge on any atom is 0.255 e. The standard InChI is InChI=1S/C12H17BrN4O/c1-7-3-2-4-10(7)16-12(18)9-5-8(13)6-15-11(9)17-14/h5-7,10H,2-4,14H2,1H3,(H,15,17)(H,16,18). The number of rotatable bonds is 3. The molecule has 0 aliphatic heterocycles. The van der Waals surface area contributed by atoms with Crippen LogP contribution < -0.4 is 16.6 Å². The Balaban J connectivity index is 2.15. The number of aromatic nitrogens is 1. The molecular formula is C12H17BrN4O. The fraction of sp³-hybridized carbons (Fsp3) is 0.500. The van der Waals surface area contributed by atoms with Crippen LogP contribution in [0.15, 0.2) is 16.7 Å². The fourth-order valence-corrected chi connectivity index (χ4v) is 2.66. The molecule has 4 N–H and O–H groups in total. The first-order chi connectivity index (χ1) is 8.61. The lowest BCUT2D eigenvalue weighted by Crippen LogP contribution is -2.37. The number of nitrogens with one attached hydrogen (secondary N) is 2. The molecule has 6 heteroatoms. The SMILES string of the molecule is CC1CCCC1NC(=O)c1cc(Br)cnc1NN. The highest BCUT2D eigenvalue weighted by atomic mass is 79.9. The Bertz CT molecular complexity index is 452. The summed E-state index contributed by atoms with van der Waals surface area (Å²) in [5.41, 5.74) is 2.91. The van der Waals surface area contributed by atoms with Crippen LogP contribution >= 0.6 is 15.9 Å². The summed E-state index contributed by atoms with van der Waals surface area (Å²) in [4.78, 5) is 16.3. The van der Waals surface area contributed by atoms with Gasteiger partial charge in [0.2, 0.25) is 0 Å². The molecule has 1 aromatic heterocycles. The van der Waals surface area contributed by atoms with Crippen LogP contribution in [0.4, 0.5) is 5.82 Å². The minimum Gasteiger partial charge on any atom is -0.349 e. The molecule has 1 aliphatic rings. The van der Waals surface area contributed by atoms with Crippen molar-refractivity contribution in [1.29, 1.82) is 0 Å². The molecule has 0 aromatic carbocycles. The summed E-state index contributed by atoms with van der Waals surface area (Å²) in [5.74, 6) is 6.16. The predicted molar refractivity (Wildman–Crippen MR) is 74.0 cm³/mol. The van der Waals surface area contributed by atoms with Gasteiger partial charge in [0.05, 0.1) is 5.56 Å². The van der Waals surface area contributed by atoms with Gasteiger partial charge in [0.15, 0.2) is 5.82 Å². The molecule has 0 radical (unpaired) electrons. The van der Waals surface area contributed by atoms with Crippen molar-refractivity contribution >= 4 is 27.7 Å². The number of pyridine rings is 1. The third-order valence-electron chi connectivity index (χ3n) is 3.41. The molecule has 1 aromatic rings. The molecule has 2 atom stereocenters. The molecule has 0 bridgehead atoms. The van der Waals surface area contributed by atoms with Crippen molar-refractivity contribution in [3.63, 3.8) is 0 Å². The molecule has 1 aliphatic carbocycles. The van der Waals surface area contributed by atoms with E-state index in [0.717, 1.165) is 10.9 Å². The summed E-state index contributed by atoms with van der Waals surface area (Å²) < 4.78 is 0.756. The second kappa shape index (κ2) is 5.67. The number of nitrogen functional groups attached to an aromatic ring is 1. The highest BCUT2D eigenvalue weighted by molar-refractivity contribution is 9.10. The van der Waals surface area contributed by atoms with E-state index >= 15 is 0 Å². The molecule has 0 spiro atoms. The van der Waals surface area contributed by atoms with Gasteiger partial charge in [-0.2, -0.15) is 0 Å². The van der Waals surface area contributed by atoms with Crippen LogP contribution in [0.5, 0.6) is 0 Å². The zero-order valence-electron chi connectivity index (χ0n) is 10.2. The van der Waals surface area contributed by atoms with Gasteiger partial charge in [-0.1, -0.05) is 13.3 Å². The summed E-state index contributed by atoms with van der Waals surface area (Å²) in [5, 5.41) is 3.05. The number of halogens is 1. The summed E-state index contributed by atoms with van der Waals surface area (Å²) in [6, 6.07) is 1.97. The van der Waals surface area contributed by atoms with E-state index in [2.05, 4.69) is 38.6 Å². The third kappa shape index (κ3) is 2.81. The Morgan fingerprint density at radius 3 is 2.94 bits per heavy atom. The molecule has 1 amide bonds. The van der Waals surface area contributed by atoms with E-state index in [1.807, 2.05) is 0 Å². The molecule has 2 rings (SSSR count). The largest absolute Gasteiger partial charge is 0.349 e. The van der Waals surface area contributed by atoms with Gasteiger partial charge < -0.3 is 10.7 Å². The third-order valence-corrected chi connectivity index (χ3v) is 3.85. The van der Waals surface area contributed by atoms with E-state index < -0.39 is 0 Å². The van der Waals surface area contributed by atoms with E-state index in [-0.39, 0.29) is 11.9 Å². The fourth-order valence-electron chi connectivity index (χ4n) is 2.33. The highest BCUT2D eigenvalue weighted by Crippen LogP contribution is 2.25. The van der Waals surface area contributed by atoms with Crippen LogP contribution in [0.2, 0.25) is 0 Å². The van der Waals surface area contributed by atoms with Gasteiger partial charge >= 0.3 is 0 Å². The van der Waals surface area contributed by atoms with Gasteiger partial charge in [-0.15, -0.1) is 0 Å². The van der Waals surface area contributed by atoms with Crippen molar-refractivity contribution in [2.75, 3.05) is 5.43 Å². The Labute approximate surface area is 115 Å². The predicted octanol–water partition coefficient (Wildman–Crippen LogP) is 2.05. The number of anilines is 1. The first-order valence-electron chi connectivity index (χ1n) is 6.05. The highest BCUT2D eigenvalue weighted by Gasteiger charge is 2.26. The molecule has 1 heterocycles. The van der Waals surface area contributed by atoms with Gasteiger partial charge in [-0.3, -0.25) is 4.79 Å². The molecule has 2 unspecified atom stereocenters. The molecule has 5 nitrogen and oxygen atoms in total. The minimum absolute atomic E-state index is 0.129. The molecule has 98 valence electrons. The lowest BCUT2D eigenvalue weighted by atomic mass is 10.1. The van der Waals surface area contributed by atoms with Crippen molar-refractivity contribution in [1.82, 2.24) is 10.3 Å². The first-order valence-corrected chi connectivity index (χ1v) is 6.84. The van der Waals surface area contributed by atoms with Crippen LogP contribution in [-0.4, -0.2) is 16.9 Å². The van der Waals surface area contributed by atoms with Gasteiger partial charge in [0.1, 0.15) is 0 Å². The van der Waals surface area contributed by atoms with E-state index in [0.29, 0.717) is 17.3 Å². The van der Waals surface area contributed by atoms with Crippen LogP contribution in [-0.2, 0) is 0 Å². The Morgan fingerprint density at radius 2 is 2.33 bits per heavy atom. The van der Waals surface area contributed by atoms with Gasteiger partial charge in [0, 0.05) is 16.7 Å². The van der Waals surface area contributed by atoms with E-state index in [1.54, 1.807) is 12.3 Å². The van der Waals surface area contributed by atoms with Crippen LogP contribution in [0.25, 0.3) is 0 Å². The number of carbonyl (C=O) groups excluding carboxylic acids is 1. The van der Waals surface area contributed by atoms with Crippen molar-refractivity contribution in [3.8, 4) is 0 Å². The van der Waals surface area contributed by atoms with Crippen molar-refractivity contribution in [2.24, 2.45) is 11.8 Å². The summed E-state index contributed by atoms with van der Waals surface area (Å²) >= 11 is 3.31. The number of carbonyl (C=O) groups is 1. The zero-order chi connectivity index (χ0) is 13.1. The van der Waals surface area contributed by atoms with Crippen LogP contribution in [0, 0.1) is 5.92 Å².